The lowest BCUT2D eigenvalue weighted by Crippen LogP contribution is -2.37. The number of fused-ring (bicyclic) bond motifs is 1. The molecule has 3 aromatic rings. The molecule has 0 radical (unpaired) electrons. The van der Waals surface area contributed by atoms with Crippen LogP contribution < -0.4 is 10.6 Å². The molecule has 3 aliphatic rings. The van der Waals surface area contributed by atoms with Gasteiger partial charge in [-0.3, -0.25) is 9.69 Å². The van der Waals surface area contributed by atoms with Gasteiger partial charge in [-0.2, -0.15) is 8.99 Å². The number of aromatic nitrogens is 2. The number of carboxylic acid groups (broad SMARTS) is 1. The Labute approximate surface area is 259 Å². The van der Waals surface area contributed by atoms with Crippen molar-refractivity contribution in [3.8, 4) is 0 Å². The molecule has 4 heterocycles. The maximum absolute atomic E-state index is 13.9. The highest BCUT2D eigenvalue weighted by Gasteiger charge is 2.35. The number of amides is 1. The van der Waals surface area contributed by atoms with Crippen LogP contribution in [0.2, 0.25) is 0 Å². The van der Waals surface area contributed by atoms with Crippen LogP contribution in [0.4, 0.5) is 25.1 Å². The smallest absolute Gasteiger partial charge is 0.432 e. The number of nitrogens with one attached hydrogen (secondary N) is 2. The fourth-order valence-electron chi connectivity index (χ4n) is 6.13. The number of ether oxygens (including phenoxy) is 1. The Morgan fingerprint density at radius 3 is 2.42 bits per heavy atom. The van der Waals surface area contributed by atoms with Crippen molar-refractivity contribution in [2.24, 2.45) is 0 Å². The van der Waals surface area contributed by atoms with E-state index in [1.165, 1.54) is 0 Å². The number of anilines is 2. The average Bonchev–Trinajstić information content (AvgIpc) is 3.65. The molecule has 45 heavy (non-hydrogen) atoms. The molecule has 3 N–H and O–H groups in total. The number of sulfonamides is 1. The molecule has 3 aliphatic heterocycles. The molecule has 15 heteroatoms. The van der Waals surface area contributed by atoms with Gasteiger partial charge in [-0.25, -0.2) is 22.0 Å². The Morgan fingerprint density at radius 2 is 1.73 bits per heavy atom. The lowest BCUT2D eigenvalue weighted by atomic mass is 10.0. The van der Waals surface area contributed by atoms with E-state index >= 15 is 0 Å². The van der Waals surface area contributed by atoms with Crippen LogP contribution in [0.15, 0.2) is 41.3 Å². The molecule has 6 rings (SSSR count). The molecule has 0 spiro atoms. The van der Waals surface area contributed by atoms with E-state index in [1.54, 1.807) is 6.07 Å². The summed E-state index contributed by atoms with van der Waals surface area (Å²) in [4.78, 5) is 27.6. The minimum atomic E-state index is -4.36. The second-order valence-corrected chi connectivity index (χ2v) is 13.4. The van der Waals surface area contributed by atoms with Crippen molar-refractivity contribution in [3.05, 3.63) is 70.4 Å². The summed E-state index contributed by atoms with van der Waals surface area (Å²) in [5, 5.41) is 20.1. The Bertz CT molecular complexity index is 1700. The van der Waals surface area contributed by atoms with E-state index in [0.29, 0.717) is 30.5 Å². The summed E-state index contributed by atoms with van der Waals surface area (Å²) in [7, 11) is -4.36. The monoisotopic (exact) mass is 644 g/mol. The molecule has 1 amide bonds. The number of hydrogen-bond donors (Lipinski definition) is 3. The van der Waals surface area contributed by atoms with Crippen LogP contribution in [0, 0.1) is 11.6 Å². The first kappa shape index (κ1) is 31.1. The predicted octanol–water partition coefficient (Wildman–Crippen LogP) is 3.87. The van der Waals surface area contributed by atoms with Crippen LogP contribution in [0.25, 0.3) is 0 Å². The lowest BCUT2D eigenvalue weighted by Gasteiger charge is -2.27. The molecule has 0 bridgehead atoms. The molecular weight excluding hydrogens is 610 g/mol. The lowest BCUT2D eigenvalue weighted by molar-refractivity contribution is 0.0904. The van der Waals surface area contributed by atoms with Crippen LogP contribution in [-0.2, 0) is 34.3 Å². The van der Waals surface area contributed by atoms with Crippen molar-refractivity contribution in [2.75, 3.05) is 43.5 Å². The van der Waals surface area contributed by atoms with Gasteiger partial charge in [-0.05, 0) is 68.6 Å². The van der Waals surface area contributed by atoms with Crippen molar-refractivity contribution < 1.29 is 36.6 Å². The largest absolute Gasteiger partial charge is 0.463 e. The third-order valence-corrected chi connectivity index (χ3v) is 10.2. The number of halogens is 2. The summed E-state index contributed by atoms with van der Waals surface area (Å²) in [6, 6.07) is 7.67. The zero-order valence-electron chi connectivity index (χ0n) is 24.5. The first-order valence-electron chi connectivity index (χ1n) is 14.9. The van der Waals surface area contributed by atoms with Crippen molar-refractivity contribution in [1.82, 2.24) is 19.0 Å². The molecule has 0 aliphatic carbocycles. The fourth-order valence-corrected chi connectivity index (χ4v) is 7.58. The molecule has 2 aromatic carbocycles. The zero-order valence-corrected chi connectivity index (χ0v) is 25.3. The van der Waals surface area contributed by atoms with E-state index in [4.69, 9.17) is 4.74 Å². The van der Waals surface area contributed by atoms with E-state index < -0.39 is 38.6 Å². The van der Waals surface area contributed by atoms with Crippen LogP contribution in [0.5, 0.6) is 0 Å². The third kappa shape index (κ3) is 6.71. The number of nitrogens with zero attached hydrogens (tertiary/aromatic N) is 4. The first-order valence-corrected chi connectivity index (χ1v) is 16.3. The number of carbonyl (C=O) groups is 2. The van der Waals surface area contributed by atoms with Gasteiger partial charge in [0, 0.05) is 62.6 Å². The Hall–Kier alpha value is -3.92. The Balaban J connectivity index is 1.29. The van der Waals surface area contributed by atoms with Crippen molar-refractivity contribution in [2.45, 2.75) is 56.1 Å². The maximum atomic E-state index is 13.9. The first-order chi connectivity index (χ1) is 21.6. The number of carbonyl (C=O) groups excluding carboxylic acids is 1. The molecule has 12 nitrogen and oxygen atoms in total. The molecule has 0 atom stereocenters. The number of likely N-dealkylation sites (tertiary alicyclic amines) is 1. The summed E-state index contributed by atoms with van der Waals surface area (Å²) in [5.41, 5.74) is 2.39. The number of benzene rings is 2. The van der Waals surface area contributed by atoms with E-state index in [9.17, 15) is 31.9 Å². The third-order valence-electron chi connectivity index (χ3n) is 8.42. The molecule has 0 unspecified atom stereocenters. The molecule has 0 saturated carbocycles. The van der Waals surface area contributed by atoms with E-state index in [-0.39, 0.29) is 42.6 Å². The van der Waals surface area contributed by atoms with Crippen LogP contribution in [-0.4, -0.2) is 83.4 Å². The van der Waals surface area contributed by atoms with Gasteiger partial charge in [0.05, 0.1) is 16.2 Å². The highest BCUT2D eigenvalue weighted by atomic mass is 32.2. The molecule has 240 valence electrons. The van der Waals surface area contributed by atoms with Crippen molar-refractivity contribution in [3.63, 3.8) is 0 Å². The van der Waals surface area contributed by atoms with Gasteiger partial charge in [-0.1, -0.05) is 6.07 Å². The molecular formula is C30H34F2N6O6S. The topological polar surface area (TPSA) is 146 Å². The van der Waals surface area contributed by atoms with Gasteiger partial charge in [-0.15, -0.1) is 5.10 Å². The SMILES string of the molecule is O=C(Nc1nn(C(=O)O)c2c1CN(S(=O)(=O)c1cc(F)cc(F)c1)CC2)c1ccc(CN2CCCC2)cc1NC1CCOCC1. The average molecular weight is 645 g/mol. The second-order valence-electron chi connectivity index (χ2n) is 11.5. The van der Waals surface area contributed by atoms with E-state index in [1.807, 2.05) is 12.1 Å². The summed E-state index contributed by atoms with van der Waals surface area (Å²) in [6.07, 6.45) is 2.39. The maximum Gasteiger partial charge on any atom is 0.432 e. The summed E-state index contributed by atoms with van der Waals surface area (Å²) >= 11 is 0. The molecule has 2 saturated heterocycles. The van der Waals surface area contributed by atoms with Gasteiger partial charge < -0.3 is 20.5 Å². The van der Waals surface area contributed by atoms with Gasteiger partial charge >= 0.3 is 6.09 Å². The Morgan fingerprint density at radius 1 is 1.02 bits per heavy atom. The summed E-state index contributed by atoms with van der Waals surface area (Å²) < 4.78 is 61.6. The molecule has 1 aromatic heterocycles. The number of rotatable bonds is 8. The van der Waals surface area contributed by atoms with Gasteiger partial charge in [0.1, 0.15) is 11.6 Å². The minimum Gasteiger partial charge on any atom is -0.463 e. The van der Waals surface area contributed by atoms with Crippen LogP contribution in [0.3, 0.4) is 0 Å². The predicted molar refractivity (Wildman–Crippen MR) is 160 cm³/mol. The fraction of sp³-hybridized carbons (Fsp3) is 0.433. The Kier molecular flexibility index (Phi) is 8.86. The van der Waals surface area contributed by atoms with Gasteiger partial charge in [0.15, 0.2) is 5.82 Å². The van der Waals surface area contributed by atoms with Crippen molar-refractivity contribution in [1.29, 1.82) is 0 Å². The quantitative estimate of drug-likeness (QED) is 0.333. The minimum absolute atomic E-state index is 0.0523. The standard InChI is InChI=1S/C30H34F2N6O6S/c31-20-14-21(32)16-23(15-20)45(42,43)37-10-5-27-25(18-37)28(35-38(27)30(40)41)34-29(39)24-4-3-19(17-36-8-1-2-9-36)13-26(24)33-22-6-11-44-12-7-22/h3-4,13-16,22,33H,1-2,5-12,17-18H2,(H,40,41)(H,34,35,39). The van der Waals surface area contributed by atoms with Crippen molar-refractivity contribution >= 4 is 33.5 Å². The van der Waals surface area contributed by atoms with Crippen LogP contribution in [0.1, 0.15) is 52.9 Å². The van der Waals surface area contributed by atoms with E-state index in [0.717, 1.165) is 72.0 Å². The zero-order chi connectivity index (χ0) is 31.7. The summed E-state index contributed by atoms with van der Waals surface area (Å²) in [6.45, 7) is 3.48. The highest BCUT2D eigenvalue weighted by Crippen LogP contribution is 2.32. The van der Waals surface area contributed by atoms with Crippen LogP contribution >= 0.6 is 0 Å². The normalized spacial score (nSPS) is 18.1. The summed E-state index contributed by atoms with van der Waals surface area (Å²) in [5.74, 6) is -2.76. The van der Waals surface area contributed by atoms with E-state index in [2.05, 4.69) is 20.6 Å². The van der Waals surface area contributed by atoms with Gasteiger partial charge in [0.25, 0.3) is 5.91 Å². The number of hydrogen-bond acceptors (Lipinski definition) is 8. The van der Waals surface area contributed by atoms with Gasteiger partial charge in [0.2, 0.25) is 10.0 Å². The highest BCUT2D eigenvalue weighted by molar-refractivity contribution is 7.89. The second kappa shape index (κ2) is 12.8. The molecule has 2 fully saturated rings.